The molecule has 0 aliphatic carbocycles. The summed E-state index contributed by atoms with van der Waals surface area (Å²) in [4.78, 5) is 11.6. The Kier molecular flexibility index (Phi) is 3.24. The highest BCUT2D eigenvalue weighted by Crippen LogP contribution is 2.12. The van der Waals surface area contributed by atoms with Gasteiger partial charge in [-0.1, -0.05) is 18.2 Å². The lowest BCUT2D eigenvalue weighted by atomic mass is 10.0. The normalized spacial score (nSPS) is 9.21. The zero-order valence-electron chi connectivity index (χ0n) is 8.29. The third-order valence-corrected chi connectivity index (χ3v) is 2.04. The van der Waals surface area contributed by atoms with Gasteiger partial charge in [0.15, 0.2) is 0 Å². The zero-order chi connectivity index (χ0) is 10.6. The fourth-order valence-electron chi connectivity index (χ4n) is 1.38. The van der Waals surface area contributed by atoms with Crippen molar-refractivity contribution in [2.75, 3.05) is 6.54 Å². The molecule has 0 aromatic heterocycles. The topological polar surface area (TPSA) is 52.9 Å². The zero-order valence-corrected chi connectivity index (χ0v) is 8.29. The minimum atomic E-state index is -0.179. The highest BCUT2D eigenvalue weighted by molar-refractivity contribution is 5.97. The van der Waals surface area contributed by atoms with Crippen molar-refractivity contribution in [3.05, 3.63) is 34.9 Å². The lowest BCUT2D eigenvalue weighted by Gasteiger charge is -2.07. The van der Waals surface area contributed by atoms with E-state index < -0.39 is 0 Å². The molecule has 0 fully saturated rings. The van der Waals surface area contributed by atoms with Crippen LogP contribution in [0.3, 0.4) is 0 Å². The molecule has 1 rings (SSSR count). The summed E-state index contributed by atoms with van der Waals surface area (Å²) in [6.45, 7) is 3.81. The number of carbonyl (C=O) groups excluding carboxylic acids is 1. The smallest absolute Gasteiger partial charge is 0.252 e. The molecule has 3 nitrogen and oxygen atoms in total. The van der Waals surface area contributed by atoms with E-state index in [0.717, 1.165) is 11.1 Å². The first-order valence-corrected chi connectivity index (χ1v) is 4.38. The number of hydrogen-bond acceptors (Lipinski definition) is 2. The van der Waals surface area contributed by atoms with E-state index in [1.165, 1.54) is 0 Å². The Labute approximate surface area is 83.4 Å². The van der Waals surface area contributed by atoms with Crippen LogP contribution in [-0.2, 0) is 0 Å². The number of carbonyl (C=O) groups is 1. The molecule has 0 radical (unpaired) electrons. The lowest BCUT2D eigenvalue weighted by Crippen LogP contribution is -2.25. The molecule has 0 saturated carbocycles. The molecule has 1 aromatic rings. The number of nitrogens with one attached hydrogen (secondary N) is 1. The van der Waals surface area contributed by atoms with Crippen molar-refractivity contribution in [2.45, 2.75) is 13.8 Å². The van der Waals surface area contributed by atoms with Crippen LogP contribution in [0.25, 0.3) is 0 Å². The fourth-order valence-corrected chi connectivity index (χ4v) is 1.38. The summed E-state index contributed by atoms with van der Waals surface area (Å²) in [5.74, 6) is -0.179. The number of aryl methyl sites for hydroxylation is 2. The number of amides is 1. The Hall–Kier alpha value is -1.82. The summed E-state index contributed by atoms with van der Waals surface area (Å²) in [6.07, 6.45) is 0. The minimum absolute atomic E-state index is 0.0482. The molecule has 1 aromatic carbocycles. The third kappa shape index (κ3) is 2.11. The van der Waals surface area contributed by atoms with Gasteiger partial charge in [0, 0.05) is 5.56 Å². The first-order valence-electron chi connectivity index (χ1n) is 4.38. The molecule has 72 valence electrons. The second-order valence-corrected chi connectivity index (χ2v) is 3.11. The van der Waals surface area contributed by atoms with Crippen molar-refractivity contribution in [3.63, 3.8) is 0 Å². The van der Waals surface area contributed by atoms with Crippen LogP contribution in [0.1, 0.15) is 21.5 Å². The Morgan fingerprint density at radius 3 is 2.50 bits per heavy atom. The number of benzene rings is 1. The fraction of sp³-hybridized carbons (Fsp3) is 0.273. The Bertz CT molecular complexity index is 371. The van der Waals surface area contributed by atoms with Gasteiger partial charge in [0.1, 0.15) is 6.54 Å². The third-order valence-electron chi connectivity index (χ3n) is 2.04. The molecule has 0 saturated heterocycles. The van der Waals surface area contributed by atoms with Gasteiger partial charge in [-0.3, -0.25) is 4.79 Å². The van der Waals surface area contributed by atoms with Gasteiger partial charge in [0.05, 0.1) is 6.07 Å². The molecule has 0 aliphatic rings. The number of rotatable bonds is 2. The van der Waals surface area contributed by atoms with E-state index in [-0.39, 0.29) is 12.5 Å². The van der Waals surface area contributed by atoms with Gasteiger partial charge in [-0.2, -0.15) is 5.26 Å². The van der Waals surface area contributed by atoms with Crippen molar-refractivity contribution in [1.82, 2.24) is 5.32 Å². The van der Waals surface area contributed by atoms with Gasteiger partial charge in [-0.15, -0.1) is 0 Å². The van der Waals surface area contributed by atoms with Gasteiger partial charge in [0.25, 0.3) is 5.91 Å². The van der Waals surface area contributed by atoms with Crippen molar-refractivity contribution in [2.24, 2.45) is 0 Å². The molecule has 0 unspecified atom stereocenters. The molecule has 0 atom stereocenters. The van der Waals surface area contributed by atoms with E-state index in [1.807, 2.05) is 38.1 Å². The van der Waals surface area contributed by atoms with Gasteiger partial charge in [-0.25, -0.2) is 0 Å². The van der Waals surface area contributed by atoms with Crippen LogP contribution < -0.4 is 5.32 Å². The molecular weight excluding hydrogens is 176 g/mol. The van der Waals surface area contributed by atoms with Crippen LogP contribution in [-0.4, -0.2) is 12.5 Å². The van der Waals surface area contributed by atoms with E-state index in [9.17, 15) is 4.79 Å². The maximum Gasteiger partial charge on any atom is 0.252 e. The molecule has 0 bridgehead atoms. The van der Waals surface area contributed by atoms with Crippen LogP contribution in [0, 0.1) is 25.2 Å². The lowest BCUT2D eigenvalue weighted by molar-refractivity contribution is 0.0957. The monoisotopic (exact) mass is 188 g/mol. The van der Waals surface area contributed by atoms with Crippen LogP contribution in [0.5, 0.6) is 0 Å². The van der Waals surface area contributed by atoms with Crippen molar-refractivity contribution < 1.29 is 4.79 Å². The first-order chi connectivity index (χ1) is 6.66. The quantitative estimate of drug-likeness (QED) is 0.716. The average Bonchev–Trinajstić information content (AvgIpc) is 2.14. The molecule has 0 heterocycles. The van der Waals surface area contributed by atoms with Gasteiger partial charge < -0.3 is 5.32 Å². The van der Waals surface area contributed by atoms with Crippen molar-refractivity contribution in [1.29, 1.82) is 5.26 Å². The highest BCUT2D eigenvalue weighted by atomic mass is 16.1. The molecule has 1 amide bonds. The van der Waals surface area contributed by atoms with Crippen molar-refractivity contribution >= 4 is 5.91 Å². The van der Waals surface area contributed by atoms with E-state index in [4.69, 9.17) is 5.26 Å². The maximum absolute atomic E-state index is 11.6. The number of nitriles is 1. The van der Waals surface area contributed by atoms with Crippen molar-refractivity contribution in [3.8, 4) is 6.07 Å². The van der Waals surface area contributed by atoms with Gasteiger partial charge in [-0.05, 0) is 25.0 Å². The summed E-state index contributed by atoms with van der Waals surface area (Å²) < 4.78 is 0. The van der Waals surface area contributed by atoms with Gasteiger partial charge in [0.2, 0.25) is 0 Å². The first kappa shape index (κ1) is 10.3. The summed E-state index contributed by atoms with van der Waals surface area (Å²) in [6, 6.07) is 7.55. The predicted octanol–water partition coefficient (Wildman–Crippen LogP) is 1.56. The predicted molar refractivity (Wildman–Crippen MR) is 53.9 cm³/mol. The van der Waals surface area contributed by atoms with Crippen LogP contribution in [0.4, 0.5) is 0 Å². The summed E-state index contributed by atoms with van der Waals surface area (Å²) in [5, 5.41) is 10.9. The SMILES string of the molecule is Cc1cccc(C)c1C(=O)NCC#N. The summed E-state index contributed by atoms with van der Waals surface area (Å²) >= 11 is 0. The number of hydrogen-bond donors (Lipinski definition) is 1. The minimum Gasteiger partial charge on any atom is -0.339 e. The van der Waals surface area contributed by atoms with Gasteiger partial charge >= 0.3 is 0 Å². The Balaban J connectivity index is 2.95. The van der Waals surface area contributed by atoms with E-state index in [1.54, 1.807) is 0 Å². The summed E-state index contributed by atoms with van der Waals surface area (Å²) in [5.41, 5.74) is 2.53. The molecule has 1 N–H and O–H groups in total. The highest BCUT2D eigenvalue weighted by Gasteiger charge is 2.10. The van der Waals surface area contributed by atoms with Crippen LogP contribution in [0.15, 0.2) is 18.2 Å². The molecule has 0 aliphatic heterocycles. The number of nitrogens with zero attached hydrogens (tertiary/aromatic N) is 1. The van der Waals surface area contributed by atoms with Crippen LogP contribution >= 0.6 is 0 Å². The second kappa shape index (κ2) is 4.43. The van der Waals surface area contributed by atoms with Crippen LogP contribution in [0.2, 0.25) is 0 Å². The average molecular weight is 188 g/mol. The summed E-state index contributed by atoms with van der Waals surface area (Å²) in [7, 11) is 0. The van der Waals surface area contributed by atoms with E-state index in [0.29, 0.717) is 5.56 Å². The molecule has 0 spiro atoms. The van der Waals surface area contributed by atoms with E-state index >= 15 is 0 Å². The Morgan fingerprint density at radius 2 is 2.00 bits per heavy atom. The van der Waals surface area contributed by atoms with E-state index in [2.05, 4.69) is 5.32 Å². The second-order valence-electron chi connectivity index (χ2n) is 3.11. The molecule has 3 heteroatoms. The largest absolute Gasteiger partial charge is 0.339 e. The molecular formula is C11H12N2O. The standard InChI is InChI=1S/C11H12N2O/c1-8-4-3-5-9(2)10(8)11(14)13-7-6-12/h3-5H,7H2,1-2H3,(H,13,14). The Morgan fingerprint density at radius 1 is 1.43 bits per heavy atom. The molecule has 14 heavy (non-hydrogen) atoms. The maximum atomic E-state index is 11.6.